The minimum Gasteiger partial charge on any atom is -0.477 e. The number of aromatic nitrogens is 1. The average molecular weight is 351 g/mol. The summed E-state index contributed by atoms with van der Waals surface area (Å²) in [6.07, 6.45) is 1.22. The zero-order chi connectivity index (χ0) is 18.7. The minimum absolute atomic E-state index is 0.157. The summed E-state index contributed by atoms with van der Waals surface area (Å²) in [4.78, 5) is 27.0. The van der Waals surface area contributed by atoms with Gasteiger partial charge in [-0.3, -0.25) is 4.79 Å². The number of rotatable bonds is 6. The van der Waals surface area contributed by atoms with Gasteiger partial charge in [-0.05, 0) is 67.8 Å². The Labute approximate surface area is 151 Å². The van der Waals surface area contributed by atoms with Crippen LogP contribution in [0.2, 0.25) is 0 Å². The van der Waals surface area contributed by atoms with Crippen molar-refractivity contribution in [3.8, 4) is 0 Å². The number of carbonyl (C=O) groups excluding carboxylic acids is 1. The molecule has 1 amide bonds. The molecule has 1 aromatic heterocycles. The molecule has 0 unspecified atom stereocenters. The van der Waals surface area contributed by atoms with Gasteiger partial charge in [0.2, 0.25) is 0 Å². The number of H-pyrrole nitrogens is 1. The second-order valence-electron chi connectivity index (χ2n) is 6.26. The summed E-state index contributed by atoms with van der Waals surface area (Å²) < 4.78 is 0. The lowest BCUT2D eigenvalue weighted by Crippen LogP contribution is -2.11. The van der Waals surface area contributed by atoms with E-state index >= 15 is 0 Å². The molecule has 0 aliphatic heterocycles. The lowest BCUT2D eigenvalue weighted by Gasteiger charge is -2.07. The summed E-state index contributed by atoms with van der Waals surface area (Å²) in [6.45, 7) is 2.43. The number of aromatic carboxylic acids is 1. The Morgan fingerprint density at radius 1 is 1.19 bits per heavy atom. The number of fused-ring (bicyclic) bond motifs is 1. The van der Waals surface area contributed by atoms with Crippen molar-refractivity contribution in [1.29, 1.82) is 0 Å². The third kappa shape index (κ3) is 3.60. The van der Waals surface area contributed by atoms with Crippen LogP contribution in [0.3, 0.4) is 0 Å². The van der Waals surface area contributed by atoms with Crippen LogP contribution in [0.5, 0.6) is 0 Å². The van der Waals surface area contributed by atoms with Crippen LogP contribution in [0.4, 0.5) is 5.69 Å². The largest absolute Gasteiger partial charge is 0.477 e. The predicted octanol–water partition coefficient (Wildman–Crippen LogP) is 3.32. The van der Waals surface area contributed by atoms with Gasteiger partial charge in [0, 0.05) is 22.2 Å². The van der Waals surface area contributed by atoms with Crippen LogP contribution in [0.1, 0.15) is 38.4 Å². The molecular formula is C20H21N3O3. The van der Waals surface area contributed by atoms with Gasteiger partial charge in [0.1, 0.15) is 5.69 Å². The van der Waals surface area contributed by atoms with Gasteiger partial charge in [-0.15, -0.1) is 0 Å². The molecule has 0 saturated carbocycles. The molecule has 2 aromatic carbocycles. The number of nitrogens with two attached hydrogens (primary N) is 1. The summed E-state index contributed by atoms with van der Waals surface area (Å²) in [5.74, 6) is -1.25. The summed E-state index contributed by atoms with van der Waals surface area (Å²) >= 11 is 0. The van der Waals surface area contributed by atoms with E-state index in [0.29, 0.717) is 36.0 Å². The second-order valence-corrected chi connectivity index (χ2v) is 6.26. The van der Waals surface area contributed by atoms with Crippen LogP contribution in [0.25, 0.3) is 10.9 Å². The topological polar surface area (TPSA) is 108 Å². The van der Waals surface area contributed by atoms with Crippen molar-refractivity contribution in [2.75, 3.05) is 11.9 Å². The number of aryl methyl sites for hydroxylation is 2. The standard InChI is InChI=1S/C20H21N3O3/c1-12-4-2-5-14(10-12)22-19(24)13-7-8-17-16(11-13)15(6-3-9-21)18(23-17)20(25)26/h2,4-5,7-8,10-11,23H,3,6,9,21H2,1H3,(H,22,24)(H,25,26). The van der Waals surface area contributed by atoms with E-state index < -0.39 is 5.97 Å². The zero-order valence-corrected chi connectivity index (χ0v) is 14.5. The van der Waals surface area contributed by atoms with Gasteiger partial charge in [-0.1, -0.05) is 12.1 Å². The maximum absolute atomic E-state index is 12.6. The first-order chi connectivity index (χ1) is 12.5. The van der Waals surface area contributed by atoms with Crippen molar-refractivity contribution in [1.82, 2.24) is 4.98 Å². The molecule has 3 rings (SSSR count). The van der Waals surface area contributed by atoms with E-state index in [9.17, 15) is 14.7 Å². The number of benzene rings is 2. The van der Waals surface area contributed by atoms with Gasteiger partial charge in [0.15, 0.2) is 0 Å². The molecule has 0 fully saturated rings. The van der Waals surface area contributed by atoms with Crippen molar-refractivity contribution in [2.24, 2.45) is 5.73 Å². The van der Waals surface area contributed by atoms with Crippen molar-refractivity contribution >= 4 is 28.5 Å². The van der Waals surface area contributed by atoms with E-state index in [1.54, 1.807) is 18.2 Å². The highest BCUT2D eigenvalue weighted by molar-refractivity contribution is 6.07. The van der Waals surface area contributed by atoms with Crippen molar-refractivity contribution in [3.05, 3.63) is 64.8 Å². The zero-order valence-electron chi connectivity index (χ0n) is 14.5. The number of amides is 1. The Balaban J connectivity index is 1.96. The molecule has 0 aliphatic carbocycles. The molecule has 3 aromatic rings. The molecule has 0 radical (unpaired) electrons. The van der Waals surface area contributed by atoms with Crippen LogP contribution in [-0.2, 0) is 6.42 Å². The number of carboxylic acid groups (broad SMARTS) is 1. The summed E-state index contributed by atoms with van der Waals surface area (Å²) in [6, 6.07) is 12.7. The molecule has 0 spiro atoms. The van der Waals surface area contributed by atoms with E-state index in [1.807, 2.05) is 31.2 Å². The fourth-order valence-electron chi connectivity index (χ4n) is 3.04. The first-order valence-corrected chi connectivity index (χ1v) is 8.45. The molecule has 0 saturated heterocycles. The van der Waals surface area contributed by atoms with E-state index in [0.717, 1.165) is 16.6 Å². The third-order valence-corrected chi connectivity index (χ3v) is 4.29. The first-order valence-electron chi connectivity index (χ1n) is 8.45. The molecule has 0 atom stereocenters. The van der Waals surface area contributed by atoms with E-state index in [4.69, 9.17) is 5.73 Å². The molecule has 5 N–H and O–H groups in total. The Kier molecular flexibility index (Phi) is 5.04. The quantitative estimate of drug-likeness (QED) is 0.546. The minimum atomic E-state index is -1.01. The highest BCUT2D eigenvalue weighted by atomic mass is 16.4. The maximum atomic E-state index is 12.6. The van der Waals surface area contributed by atoms with E-state index in [-0.39, 0.29) is 11.6 Å². The molecule has 0 bridgehead atoms. The molecule has 0 aliphatic rings. The molecule has 6 heteroatoms. The van der Waals surface area contributed by atoms with Gasteiger partial charge >= 0.3 is 5.97 Å². The van der Waals surface area contributed by atoms with Crippen LogP contribution >= 0.6 is 0 Å². The van der Waals surface area contributed by atoms with Crippen molar-refractivity contribution in [2.45, 2.75) is 19.8 Å². The SMILES string of the molecule is Cc1cccc(NC(=O)c2ccc3[nH]c(C(=O)O)c(CCCN)c3c2)c1. The summed E-state index contributed by atoms with van der Waals surface area (Å²) in [5.41, 5.74) is 9.36. The fraction of sp³-hybridized carbons (Fsp3) is 0.200. The molecule has 26 heavy (non-hydrogen) atoms. The van der Waals surface area contributed by atoms with Crippen LogP contribution < -0.4 is 11.1 Å². The highest BCUT2D eigenvalue weighted by Crippen LogP contribution is 2.26. The van der Waals surface area contributed by atoms with Gasteiger partial charge in [0.05, 0.1) is 0 Å². The molecular weight excluding hydrogens is 330 g/mol. The normalized spacial score (nSPS) is 10.8. The van der Waals surface area contributed by atoms with Crippen LogP contribution in [-0.4, -0.2) is 28.5 Å². The maximum Gasteiger partial charge on any atom is 0.352 e. The number of hydrogen-bond donors (Lipinski definition) is 4. The first kappa shape index (κ1) is 17.7. The number of carboxylic acids is 1. The Morgan fingerprint density at radius 2 is 2.00 bits per heavy atom. The monoisotopic (exact) mass is 351 g/mol. The van der Waals surface area contributed by atoms with Gasteiger partial charge < -0.3 is 21.1 Å². The lowest BCUT2D eigenvalue weighted by atomic mass is 10.0. The molecule has 6 nitrogen and oxygen atoms in total. The number of nitrogens with one attached hydrogen (secondary N) is 2. The van der Waals surface area contributed by atoms with Crippen LogP contribution in [0, 0.1) is 6.92 Å². The molecule has 1 heterocycles. The number of anilines is 1. The Hall–Kier alpha value is -3.12. The number of carbonyl (C=O) groups is 2. The summed E-state index contributed by atoms with van der Waals surface area (Å²) in [7, 11) is 0. The highest BCUT2D eigenvalue weighted by Gasteiger charge is 2.18. The van der Waals surface area contributed by atoms with Crippen LogP contribution in [0.15, 0.2) is 42.5 Å². The Bertz CT molecular complexity index is 976. The van der Waals surface area contributed by atoms with E-state index in [2.05, 4.69) is 10.3 Å². The van der Waals surface area contributed by atoms with Gasteiger partial charge in [-0.25, -0.2) is 4.79 Å². The summed E-state index contributed by atoms with van der Waals surface area (Å²) in [5, 5.41) is 13.0. The second kappa shape index (κ2) is 7.41. The van der Waals surface area contributed by atoms with Crippen molar-refractivity contribution in [3.63, 3.8) is 0 Å². The van der Waals surface area contributed by atoms with E-state index in [1.165, 1.54) is 0 Å². The smallest absolute Gasteiger partial charge is 0.352 e. The van der Waals surface area contributed by atoms with Gasteiger partial charge in [-0.2, -0.15) is 0 Å². The lowest BCUT2D eigenvalue weighted by molar-refractivity contribution is 0.0690. The predicted molar refractivity (Wildman–Crippen MR) is 102 cm³/mol. The molecule has 134 valence electrons. The number of aromatic amines is 1. The Morgan fingerprint density at radius 3 is 2.69 bits per heavy atom. The average Bonchev–Trinajstić information content (AvgIpc) is 2.98. The third-order valence-electron chi connectivity index (χ3n) is 4.29. The number of hydrogen-bond acceptors (Lipinski definition) is 3. The fourth-order valence-corrected chi connectivity index (χ4v) is 3.04. The van der Waals surface area contributed by atoms with Crippen molar-refractivity contribution < 1.29 is 14.7 Å². The van der Waals surface area contributed by atoms with Gasteiger partial charge in [0.25, 0.3) is 5.91 Å².